The minimum atomic E-state index is 0. The molecule has 0 spiro atoms. The molecule has 2 aromatic rings. The normalized spacial score (nSPS) is 16.1. The van der Waals surface area contributed by atoms with Gasteiger partial charge in [-0.1, -0.05) is 0 Å². The van der Waals surface area contributed by atoms with Gasteiger partial charge in [0, 0.05) is 24.9 Å². The summed E-state index contributed by atoms with van der Waals surface area (Å²) in [5.74, 6) is 1.86. The number of likely N-dealkylation sites (tertiary alicyclic amines) is 1. The Morgan fingerprint density at radius 2 is 2.19 bits per heavy atom. The second-order valence-corrected chi connectivity index (χ2v) is 7.59. The molecule has 6 nitrogen and oxygen atoms in total. The topological polar surface area (TPSA) is 65.7 Å². The number of guanidine groups is 1. The quantitative estimate of drug-likeness (QED) is 0.328. The van der Waals surface area contributed by atoms with E-state index in [9.17, 15) is 0 Å². The van der Waals surface area contributed by atoms with Crippen molar-refractivity contribution in [3.63, 3.8) is 0 Å². The van der Waals surface area contributed by atoms with Crippen LogP contribution in [0.15, 0.2) is 33.2 Å². The van der Waals surface area contributed by atoms with E-state index in [2.05, 4.69) is 38.9 Å². The van der Waals surface area contributed by atoms with Gasteiger partial charge in [0.1, 0.15) is 5.76 Å². The smallest absolute Gasteiger partial charge is 0.191 e. The van der Waals surface area contributed by atoms with Gasteiger partial charge in [0.05, 0.1) is 29.6 Å². The third-order valence-corrected chi connectivity index (χ3v) is 5.38. The van der Waals surface area contributed by atoms with Crippen molar-refractivity contribution in [1.29, 1.82) is 0 Å². The predicted octanol–water partition coefficient (Wildman–Crippen LogP) is 3.60. The van der Waals surface area contributed by atoms with Crippen molar-refractivity contribution in [3.8, 4) is 0 Å². The summed E-state index contributed by atoms with van der Waals surface area (Å²) in [4.78, 5) is 11.8. The second kappa shape index (κ2) is 11.7. The Balaban J connectivity index is 0.00000261. The van der Waals surface area contributed by atoms with E-state index in [1.165, 1.54) is 12.8 Å². The summed E-state index contributed by atoms with van der Waals surface area (Å²) in [6.07, 6.45) is 5.17. The summed E-state index contributed by atoms with van der Waals surface area (Å²) >= 11 is 1.70. The molecule has 1 saturated heterocycles. The summed E-state index contributed by atoms with van der Waals surface area (Å²) in [5, 5.41) is 10.0. The van der Waals surface area contributed by atoms with E-state index in [0.29, 0.717) is 6.54 Å². The molecule has 1 atom stereocenters. The van der Waals surface area contributed by atoms with Crippen LogP contribution in [-0.4, -0.2) is 48.6 Å². The maximum Gasteiger partial charge on any atom is 0.191 e. The van der Waals surface area contributed by atoms with Crippen LogP contribution in [0.2, 0.25) is 0 Å². The molecule has 2 N–H and O–H groups in total. The van der Waals surface area contributed by atoms with Gasteiger partial charge in [0.25, 0.3) is 0 Å². The largest absolute Gasteiger partial charge is 0.468 e. The highest BCUT2D eigenvalue weighted by Gasteiger charge is 2.25. The molecule has 1 unspecified atom stereocenters. The zero-order valence-electron chi connectivity index (χ0n) is 16.1. The lowest BCUT2D eigenvalue weighted by atomic mass is 10.2. The Bertz CT molecular complexity index is 682. The number of furan rings is 1. The highest BCUT2D eigenvalue weighted by Crippen LogP contribution is 2.25. The molecule has 0 radical (unpaired) electrons. The molecule has 150 valence electrons. The van der Waals surface area contributed by atoms with Gasteiger partial charge in [-0.25, -0.2) is 4.98 Å². The van der Waals surface area contributed by atoms with Crippen molar-refractivity contribution in [1.82, 2.24) is 20.5 Å². The molecule has 0 amide bonds. The summed E-state index contributed by atoms with van der Waals surface area (Å²) < 4.78 is 5.68. The molecule has 0 bridgehead atoms. The molecule has 3 rings (SSSR count). The first-order chi connectivity index (χ1) is 12.8. The van der Waals surface area contributed by atoms with Gasteiger partial charge in [-0.05, 0) is 51.9 Å². The Morgan fingerprint density at radius 1 is 1.37 bits per heavy atom. The molecular weight excluding hydrogens is 473 g/mol. The first-order valence-electron chi connectivity index (χ1n) is 9.47. The highest BCUT2D eigenvalue weighted by atomic mass is 127. The fourth-order valence-corrected chi connectivity index (χ4v) is 3.92. The number of thiazole rings is 1. The van der Waals surface area contributed by atoms with Crippen LogP contribution in [-0.2, 0) is 6.42 Å². The predicted molar refractivity (Wildman–Crippen MR) is 122 cm³/mol. The molecule has 1 aliphatic rings. The summed E-state index contributed by atoms with van der Waals surface area (Å²) in [5.41, 5.74) is 1.14. The number of hydrogen-bond donors (Lipinski definition) is 2. The number of aromatic nitrogens is 1. The van der Waals surface area contributed by atoms with Crippen LogP contribution in [0.4, 0.5) is 0 Å². The Morgan fingerprint density at radius 3 is 2.81 bits per heavy atom. The van der Waals surface area contributed by atoms with E-state index in [1.54, 1.807) is 17.6 Å². The van der Waals surface area contributed by atoms with Gasteiger partial charge < -0.3 is 15.1 Å². The first kappa shape index (κ1) is 22.2. The van der Waals surface area contributed by atoms with Crippen molar-refractivity contribution in [2.75, 3.05) is 32.7 Å². The number of aryl methyl sites for hydroxylation is 1. The number of nitrogens with one attached hydrogen (secondary N) is 2. The molecule has 27 heavy (non-hydrogen) atoms. The molecule has 0 aliphatic carbocycles. The highest BCUT2D eigenvalue weighted by molar-refractivity contribution is 14.0. The molecule has 8 heteroatoms. The van der Waals surface area contributed by atoms with Crippen LogP contribution >= 0.6 is 35.3 Å². The van der Waals surface area contributed by atoms with Crippen molar-refractivity contribution in [3.05, 3.63) is 40.2 Å². The molecule has 3 heterocycles. The number of aliphatic imine (C=N–C) groups is 1. The Labute approximate surface area is 182 Å². The zero-order valence-corrected chi connectivity index (χ0v) is 19.3. The summed E-state index contributed by atoms with van der Waals surface area (Å²) in [7, 11) is 0. The average Bonchev–Trinajstić information content (AvgIpc) is 3.38. The van der Waals surface area contributed by atoms with Crippen molar-refractivity contribution in [2.24, 2.45) is 4.99 Å². The number of rotatable bonds is 8. The van der Waals surface area contributed by atoms with E-state index in [-0.39, 0.29) is 30.0 Å². The van der Waals surface area contributed by atoms with Crippen molar-refractivity contribution >= 4 is 41.3 Å². The lowest BCUT2D eigenvalue weighted by Crippen LogP contribution is -2.39. The van der Waals surface area contributed by atoms with Crippen LogP contribution in [0.5, 0.6) is 0 Å². The average molecular weight is 503 g/mol. The lowest BCUT2D eigenvalue weighted by molar-refractivity contribution is 0.221. The van der Waals surface area contributed by atoms with Crippen molar-refractivity contribution < 1.29 is 4.42 Å². The molecule has 0 aromatic carbocycles. The fraction of sp³-hybridized carbons (Fsp3) is 0.579. The van der Waals surface area contributed by atoms with Gasteiger partial charge in [-0.3, -0.25) is 9.89 Å². The van der Waals surface area contributed by atoms with E-state index in [0.717, 1.165) is 55.0 Å². The minimum absolute atomic E-state index is 0. The Hall–Kier alpha value is -1.13. The Kier molecular flexibility index (Phi) is 9.57. The van der Waals surface area contributed by atoms with Gasteiger partial charge in [-0.2, -0.15) is 0 Å². The standard InChI is InChI=1S/C19H29N5OS.HI/c1-3-20-19(21-9-8-16-14-26-15(2)23-16)22-13-17(18-7-6-12-25-18)24-10-4-5-11-24;/h6-7,12,14,17H,3-5,8-11,13H2,1-2H3,(H2,20,21,22);1H. The molecular formula is C19H30IN5OS. The second-order valence-electron chi connectivity index (χ2n) is 6.53. The van der Waals surface area contributed by atoms with Crippen LogP contribution in [0.25, 0.3) is 0 Å². The first-order valence-corrected chi connectivity index (χ1v) is 10.3. The minimum Gasteiger partial charge on any atom is -0.468 e. The fourth-order valence-electron chi connectivity index (χ4n) is 3.27. The van der Waals surface area contributed by atoms with Crippen LogP contribution < -0.4 is 10.6 Å². The molecule has 1 aliphatic heterocycles. The lowest BCUT2D eigenvalue weighted by Gasteiger charge is -2.24. The SMILES string of the molecule is CCNC(=NCC(c1ccco1)N1CCCC1)NCCc1csc(C)n1.I. The third-order valence-electron chi connectivity index (χ3n) is 4.56. The van der Waals surface area contributed by atoms with E-state index in [4.69, 9.17) is 9.41 Å². The maximum atomic E-state index is 5.68. The molecule has 2 aromatic heterocycles. The summed E-state index contributed by atoms with van der Waals surface area (Å²) in [6, 6.07) is 4.23. The van der Waals surface area contributed by atoms with Gasteiger partial charge in [0.15, 0.2) is 5.96 Å². The van der Waals surface area contributed by atoms with Crippen LogP contribution in [0.1, 0.15) is 42.3 Å². The van der Waals surface area contributed by atoms with Crippen LogP contribution in [0.3, 0.4) is 0 Å². The zero-order chi connectivity index (χ0) is 18.2. The van der Waals surface area contributed by atoms with Crippen molar-refractivity contribution in [2.45, 2.75) is 39.2 Å². The number of nitrogens with zero attached hydrogens (tertiary/aromatic N) is 3. The molecule has 1 fully saturated rings. The van der Waals surface area contributed by atoms with E-state index >= 15 is 0 Å². The molecule has 0 saturated carbocycles. The number of halogens is 1. The van der Waals surface area contributed by atoms with E-state index in [1.807, 2.05) is 13.0 Å². The number of hydrogen-bond acceptors (Lipinski definition) is 5. The van der Waals surface area contributed by atoms with Gasteiger partial charge >= 0.3 is 0 Å². The third kappa shape index (κ3) is 6.76. The maximum absolute atomic E-state index is 5.68. The van der Waals surface area contributed by atoms with E-state index < -0.39 is 0 Å². The van der Waals surface area contributed by atoms with Gasteiger partial charge in [0.2, 0.25) is 0 Å². The monoisotopic (exact) mass is 503 g/mol. The summed E-state index contributed by atoms with van der Waals surface area (Å²) in [6.45, 7) is 8.73. The van der Waals surface area contributed by atoms with Crippen LogP contribution in [0, 0.1) is 6.92 Å². The van der Waals surface area contributed by atoms with Gasteiger partial charge in [-0.15, -0.1) is 35.3 Å².